The zero-order chi connectivity index (χ0) is 19.5. The van der Waals surface area contributed by atoms with Crippen molar-refractivity contribution in [2.75, 3.05) is 37.8 Å². The van der Waals surface area contributed by atoms with E-state index in [4.69, 9.17) is 0 Å². The second kappa shape index (κ2) is 7.89. The average Bonchev–Trinajstić information content (AvgIpc) is 2.55. The molecule has 1 aromatic rings. The van der Waals surface area contributed by atoms with Crippen LogP contribution >= 0.6 is 0 Å². The van der Waals surface area contributed by atoms with E-state index in [1.165, 1.54) is 16.8 Å². The van der Waals surface area contributed by atoms with E-state index in [9.17, 15) is 18.5 Å². The zero-order valence-electron chi connectivity index (χ0n) is 15.5. The van der Waals surface area contributed by atoms with E-state index in [0.717, 1.165) is 16.7 Å². The lowest BCUT2D eigenvalue weighted by Crippen LogP contribution is -2.46. The van der Waals surface area contributed by atoms with Crippen LogP contribution in [-0.4, -0.2) is 56.0 Å². The molecule has 140 valence electrons. The van der Waals surface area contributed by atoms with Gasteiger partial charge in [-0.3, -0.25) is 4.79 Å². The smallest absolute Gasteiger partial charge is 0.267 e. The highest BCUT2D eigenvalue weighted by Gasteiger charge is 2.23. The van der Waals surface area contributed by atoms with Crippen LogP contribution in [0.4, 0.5) is 5.69 Å². The molecule has 0 unspecified atom stereocenters. The molecule has 1 aromatic carbocycles. The molecule has 1 aliphatic rings. The highest BCUT2D eigenvalue weighted by molar-refractivity contribution is 7.88. The van der Waals surface area contributed by atoms with Crippen LogP contribution in [0, 0.1) is 32.1 Å². The van der Waals surface area contributed by atoms with Gasteiger partial charge in [0, 0.05) is 38.1 Å². The summed E-state index contributed by atoms with van der Waals surface area (Å²) in [5.41, 5.74) is 3.70. The van der Waals surface area contributed by atoms with Crippen LogP contribution in [0.3, 0.4) is 0 Å². The molecular weight excluding hydrogens is 352 g/mol. The van der Waals surface area contributed by atoms with Crippen molar-refractivity contribution < 1.29 is 13.2 Å². The predicted molar refractivity (Wildman–Crippen MR) is 101 cm³/mol. The number of rotatable bonds is 4. The highest BCUT2D eigenvalue weighted by Crippen LogP contribution is 2.22. The zero-order valence-corrected chi connectivity index (χ0v) is 16.4. The first kappa shape index (κ1) is 19.9. The number of carbonyl (C=O) groups excluding carboxylic acids is 1. The van der Waals surface area contributed by atoms with Gasteiger partial charge in [-0.25, -0.2) is 8.42 Å². The number of nitrogens with zero attached hydrogens (tertiary/aromatic N) is 3. The number of sulfonamides is 1. The maximum absolute atomic E-state index is 12.5. The van der Waals surface area contributed by atoms with Crippen molar-refractivity contribution in [1.29, 1.82) is 5.26 Å². The summed E-state index contributed by atoms with van der Waals surface area (Å²) in [6, 6.07) is 5.89. The topological polar surface area (TPSA) is 93.5 Å². The summed E-state index contributed by atoms with van der Waals surface area (Å²) in [4.78, 5) is 14.3. The number of benzene rings is 1. The molecule has 8 heteroatoms. The molecule has 1 aliphatic heterocycles. The Balaban J connectivity index is 2.10. The normalized spacial score (nSPS) is 16.3. The van der Waals surface area contributed by atoms with Crippen molar-refractivity contribution in [3.63, 3.8) is 0 Å². The number of aryl methyl sites for hydroxylation is 3. The Morgan fingerprint density at radius 2 is 1.69 bits per heavy atom. The maximum atomic E-state index is 12.5. The first-order valence-electron chi connectivity index (χ1n) is 8.32. The molecule has 0 atom stereocenters. The third kappa shape index (κ3) is 4.84. The van der Waals surface area contributed by atoms with Gasteiger partial charge >= 0.3 is 0 Å². The molecule has 1 amide bonds. The van der Waals surface area contributed by atoms with E-state index in [1.54, 1.807) is 4.90 Å². The van der Waals surface area contributed by atoms with E-state index in [2.05, 4.69) is 5.32 Å². The van der Waals surface area contributed by atoms with Crippen LogP contribution < -0.4 is 5.32 Å². The fourth-order valence-corrected chi connectivity index (χ4v) is 3.87. The largest absolute Gasteiger partial charge is 0.373 e. The summed E-state index contributed by atoms with van der Waals surface area (Å²) >= 11 is 0. The molecule has 0 spiro atoms. The lowest BCUT2D eigenvalue weighted by Gasteiger charge is -2.32. The number of nitriles is 1. The lowest BCUT2D eigenvalue weighted by atomic mass is 10.0. The number of hydrogen-bond acceptors (Lipinski definition) is 5. The second-order valence-electron chi connectivity index (χ2n) is 6.58. The van der Waals surface area contributed by atoms with E-state index >= 15 is 0 Å². The Kier molecular flexibility index (Phi) is 6.05. The first-order chi connectivity index (χ1) is 12.1. The van der Waals surface area contributed by atoms with Gasteiger partial charge in [0.1, 0.15) is 11.6 Å². The van der Waals surface area contributed by atoms with E-state index in [-0.39, 0.29) is 5.57 Å². The molecule has 0 aliphatic carbocycles. The number of nitrogens with one attached hydrogen (secondary N) is 1. The number of hydrogen-bond donors (Lipinski definition) is 1. The Labute approximate surface area is 154 Å². The molecule has 0 aromatic heterocycles. The van der Waals surface area contributed by atoms with Gasteiger partial charge in [-0.05, 0) is 31.9 Å². The van der Waals surface area contributed by atoms with Crippen LogP contribution in [-0.2, 0) is 14.8 Å². The highest BCUT2D eigenvalue weighted by atomic mass is 32.2. The average molecular weight is 376 g/mol. The van der Waals surface area contributed by atoms with Gasteiger partial charge in [0.15, 0.2) is 0 Å². The molecule has 7 nitrogen and oxygen atoms in total. The van der Waals surface area contributed by atoms with Crippen molar-refractivity contribution in [3.05, 3.63) is 40.6 Å². The third-order valence-electron chi connectivity index (χ3n) is 4.33. The number of amides is 1. The van der Waals surface area contributed by atoms with Gasteiger partial charge in [-0.1, -0.05) is 17.7 Å². The molecule has 0 saturated carbocycles. The summed E-state index contributed by atoms with van der Waals surface area (Å²) in [5, 5.41) is 12.2. The van der Waals surface area contributed by atoms with Gasteiger partial charge in [0.25, 0.3) is 5.91 Å². The van der Waals surface area contributed by atoms with Crippen molar-refractivity contribution in [2.45, 2.75) is 20.8 Å². The standard InChI is InChI=1S/C18H24N4O3S/c1-13-9-14(2)17(15(3)10-13)20-18(23)16(11-19)12-21-5-7-22(8-6-21)26(4,24)25/h9-10,12H,5-8H2,1-4H3,(H,20,23)/b16-12-. The van der Waals surface area contributed by atoms with Gasteiger partial charge in [0.05, 0.1) is 6.26 Å². The van der Waals surface area contributed by atoms with E-state index in [0.29, 0.717) is 31.9 Å². The van der Waals surface area contributed by atoms with Crippen molar-refractivity contribution in [1.82, 2.24) is 9.21 Å². The quantitative estimate of drug-likeness (QED) is 0.635. The SMILES string of the molecule is Cc1cc(C)c(NC(=O)/C(C#N)=C\N2CCN(S(C)(=O)=O)CC2)c(C)c1. The van der Waals surface area contributed by atoms with Crippen LogP contribution in [0.25, 0.3) is 0 Å². The Morgan fingerprint density at radius 1 is 1.15 bits per heavy atom. The molecule has 1 fully saturated rings. The summed E-state index contributed by atoms with van der Waals surface area (Å²) in [6.45, 7) is 7.37. The number of anilines is 1. The van der Waals surface area contributed by atoms with Crippen LogP contribution in [0.2, 0.25) is 0 Å². The summed E-state index contributed by atoms with van der Waals surface area (Å²) in [7, 11) is -3.21. The summed E-state index contributed by atoms with van der Waals surface area (Å²) in [5.74, 6) is -0.465. The fraction of sp³-hybridized carbons (Fsp3) is 0.444. The molecule has 1 N–H and O–H groups in total. The number of piperazine rings is 1. The molecular formula is C18H24N4O3S. The van der Waals surface area contributed by atoms with Crippen LogP contribution in [0.1, 0.15) is 16.7 Å². The van der Waals surface area contributed by atoms with Gasteiger partial charge < -0.3 is 10.2 Å². The summed E-state index contributed by atoms with van der Waals surface area (Å²) < 4.78 is 24.5. The number of carbonyl (C=O) groups is 1. The van der Waals surface area contributed by atoms with E-state index < -0.39 is 15.9 Å². The molecule has 1 heterocycles. The van der Waals surface area contributed by atoms with E-state index in [1.807, 2.05) is 39.0 Å². The Hall–Kier alpha value is -2.37. The van der Waals surface area contributed by atoms with Crippen LogP contribution in [0.5, 0.6) is 0 Å². The van der Waals surface area contributed by atoms with Gasteiger partial charge in [-0.15, -0.1) is 0 Å². The molecule has 0 bridgehead atoms. The van der Waals surface area contributed by atoms with Gasteiger partial charge in [-0.2, -0.15) is 9.57 Å². The van der Waals surface area contributed by atoms with Crippen molar-refractivity contribution in [2.24, 2.45) is 0 Å². The minimum atomic E-state index is -3.21. The van der Waals surface area contributed by atoms with Crippen molar-refractivity contribution in [3.8, 4) is 6.07 Å². The fourth-order valence-electron chi connectivity index (χ4n) is 3.04. The molecule has 26 heavy (non-hydrogen) atoms. The second-order valence-corrected chi connectivity index (χ2v) is 8.56. The monoisotopic (exact) mass is 376 g/mol. The Morgan fingerprint density at radius 3 is 2.15 bits per heavy atom. The third-order valence-corrected chi connectivity index (χ3v) is 5.64. The predicted octanol–water partition coefficient (Wildman–Crippen LogP) is 1.54. The molecule has 2 rings (SSSR count). The minimum absolute atomic E-state index is 0.00261. The Bertz CT molecular complexity index is 853. The lowest BCUT2D eigenvalue weighted by molar-refractivity contribution is -0.112. The first-order valence-corrected chi connectivity index (χ1v) is 10.2. The summed E-state index contributed by atoms with van der Waals surface area (Å²) in [6.07, 6.45) is 2.69. The van der Waals surface area contributed by atoms with Crippen LogP contribution in [0.15, 0.2) is 23.9 Å². The minimum Gasteiger partial charge on any atom is -0.373 e. The molecule has 0 radical (unpaired) electrons. The maximum Gasteiger partial charge on any atom is 0.267 e. The van der Waals surface area contributed by atoms with Crippen molar-refractivity contribution >= 4 is 21.6 Å². The van der Waals surface area contributed by atoms with Gasteiger partial charge in [0.2, 0.25) is 10.0 Å². The molecule has 1 saturated heterocycles.